The van der Waals surface area contributed by atoms with E-state index in [0.29, 0.717) is 23.5 Å². The minimum atomic E-state index is 0.282. The van der Waals surface area contributed by atoms with Gasteiger partial charge in [-0.3, -0.25) is 0 Å². The molecule has 8 heteroatoms. The number of H-pyrrole nitrogens is 1. The predicted octanol–water partition coefficient (Wildman–Crippen LogP) is 1.05. The van der Waals surface area contributed by atoms with E-state index >= 15 is 0 Å². The van der Waals surface area contributed by atoms with Crippen molar-refractivity contribution < 1.29 is 4.52 Å². The zero-order valence-corrected chi connectivity index (χ0v) is 11.5. The van der Waals surface area contributed by atoms with Crippen LogP contribution in [0.1, 0.15) is 25.2 Å². The molecular weight excluding hydrogens is 264 g/mol. The second-order valence-electron chi connectivity index (χ2n) is 4.52. The molecule has 0 spiro atoms. The molecule has 0 amide bonds. The number of hydrogen-bond donors (Lipinski definition) is 2. The molecule has 2 N–H and O–H groups in total. The third kappa shape index (κ3) is 2.64. The molecule has 1 saturated heterocycles. The number of hydrogen-bond acceptors (Lipinski definition) is 7. The van der Waals surface area contributed by atoms with Crippen LogP contribution in [-0.4, -0.2) is 49.6 Å². The molecule has 0 aliphatic carbocycles. The number of aromatic nitrogens is 5. The molecule has 0 saturated carbocycles. The van der Waals surface area contributed by atoms with Gasteiger partial charge in [-0.05, 0) is 13.0 Å². The third-order valence-corrected chi connectivity index (χ3v) is 4.33. The summed E-state index contributed by atoms with van der Waals surface area (Å²) in [6.45, 7) is 3.19. The molecule has 102 valence electrons. The summed E-state index contributed by atoms with van der Waals surface area (Å²) in [6, 6.07) is 0.413. The number of nitrogens with one attached hydrogen (secondary N) is 2. The summed E-state index contributed by atoms with van der Waals surface area (Å²) < 4.78 is 5.39. The van der Waals surface area contributed by atoms with Crippen LogP contribution in [0, 0.1) is 0 Å². The highest BCUT2D eigenvalue weighted by molar-refractivity contribution is 7.99. The molecule has 1 aliphatic rings. The van der Waals surface area contributed by atoms with Crippen molar-refractivity contribution in [2.75, 3.05) is 18.1 Å². The summed E-state index contributed by atoms with van der Waals surface area (Å²) in [6.07, 6.45) is 2.72. The topological polar surface area (TPSA) is 92.5 Å². The first kappa shape index (κ1) is 12.6. The number of aromatic amines is 1. The zero-order chi connectivity index (χ0) is 13.1. The van der Waals surface area contributed by atoms with Gasteiger partial charge in [-0.1, -0.05) is 12.1 Å². The Morgan fingerprint density at radius 2 is 2.47 bits per heavy atom. The van der Waals surface area contributed by atoms with Gasteiger partial charge in [0, 0.05) is 17.5 Å². The van der Waals surface area contributed by atoms with E-state index < -0.39 is 0 Å². The lowest BCUT2D eigenvalue weighted by Gasteiger charge is -2.16. The maximum absolute atomic E-state index is 5.39. The van der Waals surface area contributed by atoms with E-state index in [4.69, 9.17) is 4.52 Å². The first-order valence-corrected chi connectivity index (χ1v) is 7.55. The summed E-state index contributed by atoms with van der Waals surface area (Å²) in [4.78, 5) is 4.44. The molecule has 0 radical (unpaired) electrons. The fourth-order valence-corrected chi connectivity index (χ4v) is 3.50. The molecule has 0 bridgehead atoms. The molecule has 0 aromatic carbocycles. The maximum atomic E-state index is 5.39. The standard InChI is InChI=1S/C11H16N6OS/c1-2-3-12-9-6-19-5-7(9)11-14-10(16-18-11)8-4-13-17-15-8/h4,7,9,12H,2-3,5-6H2,1H3,(H,13,15,17). The minimum Gasteiger partial charge on any atom is -0.339 e. The lowest BCUT2D eigenvalue weighted by atomic mass is 10.0. The van der Waals surface area contributed by atoms with Crippen LogP contribution in [-0.2, 0) is 0 Å². The van der Waals surface area contributed by atoms with Gasteiger partial charge in [-0.15, -0.1) is 0 Å². The summed E-state index contributed by atoms with van der Waals surface area (Å²) in [5, 5.41) is 17.8. The second kappa shape index (κ2) is 5.70. The van der Waals surface area contributed by atoms with Crippen molar-refractivity contribution in [3.63, 3.8) is 0 Å². The van der Waals surface area contributed by atoms with Crippen LogP contribution >= 0.6 is 11.8 Å². The van der Waals surface area contributed by atoms with Crippen LogP contribution in [0.15, 0.2) is 10.7 Å². The van der Waals surface area contributed by atoms with Crippen molar-refractivity contribution in [3.05, 3.63) is 12.1 Å². The summed E-state index contributed by atoms with van der Waals surface area (Å²) in [5.74, 6) is 3.57. The Kier molecular flexibility index (Phi) is 3.79. The van der Waals surface area contributed by atoms with Gasteiger partial charge >= 0.3 is 0 Å². The molecule has 2 aromatic rings. The van der Waals surface area contributed by atoms with Crippen molar-refractivity contribution >= 4 is 11.8 Å². The minimum absolute atomic E-state index is 0.282. The lowest BCUT2D eigenvalue weighted by Crippen LogP contribution is -2.34. The lowest BCUT2D eigenvalue weighted by molar-refractivity contribution is 0.339. The van der Waals surface area contributed by atoms with Crippen LogP contribution in [0.3, 0.4) is 0 Å². The van der Waals surface area contributed by atoms with E-state index in [1.165, 1.54) is 0 Å². The third-order valence-electron chi connectivity index (χ3n) is 3.14. The Balaban J connectivity index is 1.75. The summed E-state index contributed by atoms with van der Waals surface area (Å²) in [5.41, 5.74) is 0.610. The van der Waals surface area contributed by atoms with Gasteiger partial charge in [-0.25, -0.2) is 0 Å². The first-order chi connectivity index (χ1) is 9.38. The average Bonchev–Trinajstić information content (AvgIpc) is 3.14. The van der Waals surface area contributed by atoms with Gasteiger partial charge < -0.3 is 9.84 Å². The molecule has 3 rings (SSSR count). The van der Waals surface area contributed by atoms with E-state index in [0.717, 1.165) is 24.5 Å². The van der Waals surface area contributed by atoms with Gasteiger partial charge in [0.25, 0.3) is 0 Å². The van der Waals surface area contributed by atoms with Crippen molar-refractivity contribution in [3.8, 4) is 11.5 Å². The monoisotopic (exact) mass is 280 g/mol. The quantitative estimate of drug-likeness (QED) is 0.845. The van der Waals surface area contributed by atoms with Gasteiger partial charge in [0.05, 0.1) is 12.1 Å². The first-order valence-electron chi connectivity index (χ1n) is 6.39. The highest BCUT2D eigenvalue weighted by Gasteiger charge is 2.33. The predicted molar refractivity (Wildman–Crippen MR) is 71.8 cm³/mol. The number of nitrogens with zero attached hydrogens (tertiary/aromatic N) is 4. The molecule has 1 aliphatic heterocycles. The van der Waals surface area contributed by atoms with Crippen molar-refractivity contribution in [1.29, 1.82) is 0 Å². The molecule has 2 atom stereocenters. The average molecular weight is 280 g/mol. The van der Waals surface area contributed by atoms with Gasteiger partial charge in [0.15, 0.2) is 5.69 Å². The summed E-state index contributed by atoms with van der Waals surface area (Å²) >= 11 is 1.92. The van der Waals surface area contributed by atoms with Crippen LogP contribution in [0.4, 0.5) is 0 Å². The normalized spacial score (nSPS) is 23.0. The van der Waals surface area contributed by atoms with Crippen LogP contribution in [0.5, 0.6) is 0 Å². The molecule has 7 nitrogen and oxygen atoms in total. The number of rotatable bonds is 5. The molecular formula is C11H16N6OS. The van der Waals surface area contributed by atoms with Crippen molar-refractivity contribution in [2.45, 2.75) is 25.3 Å². The number of thioether (sulfide) groups is 1. The Hall–Kier alpha value is -1.41. The maximum Gasteiger partial charge on any atom is 0.232 e. The van der Waals surface area contributed by atoms with Crippen LogP contribution < -0.4 is 5.32 Å². The highest BCUT2D eigenvalue weighted by atomic mass is 32.2. The van der Waals surface area contributed by atoms with Crippen LogP contribution in [0.2, 0.25) is 0 Å². The largest absolute Gasteiger partial charge is 0.339 e. The van der Waals surface area contributed by atoms with Crippen molar-refractivity contribution in [1.82, 2.24) is 30.9 Å². The Bertz CT molecular complexity index is 513. The van der Waals surface area contributed by atoms with Gasteiger partial charge in [0.2, 0.25) is 11.7 Å². The Labute approximate surface area is 114 Å². The van der Waals surface area contributed by atoms with E-state index in [9.17, 15) is 0 Å². The van der Waals surface area contributed by atoms with Gasteiger partial charge in [-0.2, -0.15) is 32.2 Å². The Morgan fingerprint density at radius 1 is 1.53 bits per heavy atom. The van der Waals surface area contributed by atoms with Gasteiger partial charge in [0.1, 0.15) is 0 Å². The zero-order valence-electron chi connectivity index (χ0n) is 10.7. The van der Waals surface area contributed by atoms with E-state index in [-0.39, 0.29) is 5.92 Å². The van der Waals surface area contributed by atoms with Crippen molar-refractivity contribution in [2.24, 2.45) is 0 Å². The SMILES string of the molecule is CCCNC1CSCC1c1nc(-c2cn[nH]n2)no1. The molecule has 3 heterocycles. The fourth-order valence-electron chi connectivity index (χ4n) is 2.13. The smallest absolute Gasteiger partial charge is 0.232 e. The molecule has 2 aromatic heterocycles. The van der Waals surface area contributed by atoms with E-state index in [2.05, 4.69) is 37.8 Å². The Morgan fingerprint density at radius 3 is 3.26 bits per heavy atom. The fraction of sp³-hybridized carbons (Fsp3) is 0.636. The second-order valence-corrected chi connectivity index (χ2v) is 5.59. The van der Waals surface area contributed by atoms with E-state index in [1.807, 2.05) is 11.8 Å². The highest BCUT2D eigenvalue weighted by Crippen LogP contribution is 2.32. The summed E-state index contributed by atoms with van der Waals surface area (Å²) in [7, 11) is 0. The molecule has 1 fully saturated rings. The van der Waals surface area contributed by atoms with E-state index in [1.54, 1.807) is 6.20 Å². The van der Waals surface area contributed by atoms with Crippen LogP contribution in [0.25, 0.3) is 11.5 Å². The molecule has 19 heavy (non-hydrogen) atoms. The molecule has 2 unspecified atom stereocenters.